The molecule has 1 fully saturated rings. The Balaban J connectivity index is 2.47. The molecule has 2 N–H and O–H groups in total. The van der Waals surface area contributed by atoms with Gasteiger partial charge in [-0.3, -0.25) is 0 Å². The van der Waals surface area contributed by atoms with E-state index in [1.165, 1.54) is 13.2 Å². The molecular weight excluding hydrogens is 235 g/mol. The van der Waals surface area contributed by atoms with E-state index in [0.29, 0.717) is 0 Å². The van der Waals surface area contributed by atoms with Crippen LogP contribution in [0.5, 0.6) is 5.75 Å². The first-order valence-corrected chi connectivity index (χ1v) is 5.06. The Hall–Kier alpha value is -1.27. The zero-order valence-corrected chi connectivity index (χ0v) is 9.14. The van der Waals surface area contributed by atoms with Crippen LogP contribution in [0.4, 0.5) is 13.2 Å². The summed E-state index contributed by atoms with van der Waals surface area (Å²) in [7, 11) is 1.36. The lowest BCUT2D eigenvalue weighted by Gasteiger charge is -2.39. The molecule has 0 amide bonds. The number of alkyl halides is 3. The Kier molecular flexibility index (Phi) is 2.79. The maximum absolute atomic E-state index is 12.6. The van der Waals surface area contributed by atoms with Gasteiger partial charge in [-0.25, -0.2) is 0 Å². The first kappa shape index (κ1) is 12.2. The summed E-state index contributed by atoms with van der Waals surface area (Å²) in [5.74, 6) is 0.266. The molecule has 6 heteroatoms. The Labute approximate surface area is 96.2 Å². The maximum atomic E-state index is 12.6. The SMILES string of the molecule is COc1ccc(C(F)(F)F)cc1C1(O)CNC1. The number of methoxy groups -OCH3 is 1. The van der Waals surface area contributed by atoms with Crippen LogP contribution in [0.1, 0.15) is 11.1 Å². The van der Waals surface area contributed by atoms with Gasteiger partial charge in [-0.1, -0.05) is 0 Å². The maximum Gasteiger partial charge on any atom is 0.416 e. The third kappa shape index (κ3) is 2.10. The van der Waals surface area contributed by atoms with Crippen LogP contribution in [0.15, 0.2) is 18.2 Å². The number of halogens is 3. The van der Waals surface area contributed by atoms with E-state index in [1.54, 1.807) is 0 Å². The average molecular weight is 247 g/mol. The van der Waals surface area contributed by atoms with Crippen LogP contribution in [-0.4, -0.2) is 25.3 Å². The second kappa shape index (κ2) is 3.89. The van der Waals surface area contributed by atoms with Gasteiger partial charge in [0.2, 0.25) is 0 Å². The normalized spacial score (nSPS) is 18.6. The highest BCUT2D eigenvalue weighted by Crippen LogP contribution is 2.38. The summed E-state index contributed by atoms with van der Waals surface area (Å²) in [5.41, 5.74) is -1.88. The van der Waals surface area contributed by atoms with Gasteiger partial charge in [-0.15, -0.1) is 0 Å². The molecule has 0 atom stereocenters. The predicted molar refractivity (Wildman–Crippen MR) is 54.8 cm³/mol. The molecule has 17 heavy (non-hydrogen) atoms. The van der Waals surface area contributed by atoms with Crippen LogP contribution >= 0.6 is 0 Å². The smallest absolute Gasteiger partial charge is 0.416 e. The lowest BCUT2D eigenvalue weighted by atomic mass is 9.86. The molecule has 0 unspecified atom stereocenters. The van der Waals surface area contributed by atoms with Crippen LogP contribution in [-0.2, 0) is 11.8 Å². The van der Waals surface area contributed by atoms with E-state index in [4.69, 9.17) is 4.74 Å². The molecule has 0 spiro atoms. The van der Waals surface area contributed by atoms with Gasteiger partial charge in [0.15, 0.2) is 0 Å². The number of β-amino-alcohol motifs (C(OH)–C–C–N with tert-alkyl or cyclic N) is 1. The minimum atomic E-state index is -4.42. The number of nitrogens with one attached hydrogen (secondary N) is 1. The predicted octanol–water partition coefficient (Wildman–Crippen LogP) is 1.50. The molecule has 0 bridgehead atoms. The molecule has 0 aliphatic carbocycles. The molecule has 1 aliphatic rings. The van der Waals surface area contributed by atoms with Gasteiger partial charge in [-0.05, 0) is 18.2 Å². The van der Waals surface area contributed by atoms with Gasteiger partial charge >= 0.3 is 6.18 Å². The van der Waals surface area contributed by atoms with Crippen molar-refractivity contribution in [2.45, 2.75) is 11.8 Å². The highest BCUT2D eigenvalue weighted by molar-refractivity contribution is 5.43. The minimum absolute atomic E-state index is 0.175. The fourth-order valence-electron chi connectivity index (χ4n) is 1.80. The minimum Gasteiger partial charge on any atom is -0.496 e. The van der Waals surface area contributed by atoms with E-state index in [2.05, 4.69) is 5.32 Å². The first-order chi connectivity index (χ1) is 7.87. The van der Waals surface area contributed by atoms with Gasteiger partial charge in [0, 0.05) is 18.7 Å². The molecule has 94 valence electrons. The van der Waals surface area contributed by atoms with E-state index < -0.39 is 17.3 Å². The Morgan fingerprint density at radius 1 is 1.35 bits per heavy atom. The van der Waals surface area contributed by atoms with E-state index >= 15 is 0 Å². The summed E-state index contributed by atoms with van der Waals surface area (Å²) in [6.45, 7) is 0.454. The van der Waals surface area contributed by atoms with Gasteiger partial charge in [-0.2, -0.15) is 13.2 Å². The van der Waals surface area contributed by atoms with Crippen LogP contribution in [0.25, 0.3) is 0 Å². The molecule has 0 radical (unpaired) electrons. The zero-order chi connectivity index (χ0) is 12.7. The fourth-order valence-corrected chi connectivity index (χ4v) is 1.80. The van der Waals surface area contributed by atoms with Crippen molar-refractivity contribution in [3.8, 4) is 5.75 Å². The third-order valence-corrected chi connectivity index (χ3v) is 2.86. The van der Waals surface area contributed by atoms with Gasteiger partial charge in [0.25, 0.3) is 0 Å². The van der Waals surface area contributed by atoms with Gasteiger partial charge in [0.1, 0.15) is 11.4 Å². The van der Waals surface area contributed by atoms with Gasteiger partial charge in [0.05, 0.1) is 12.7 Å². The summed E-state index contributed by atoms with van der Waals surface area (Å²) in [6, 6.07) is 3.12. The molecule has 0 aromatic heterocycles. The van der Waals surface area contributed by atoms with Crippen molar-refractivity contribution in [3.63, 3.8) is 0 Å². The molecule has 2 rings (SSSR count). The number of aliphatic hydroxyl groups is 1. The summed E-state index contributed by atoms with van der Waals surface area (Å²) in [4.78, 5) is 0. The van der Waals surface area contributed by atoms with Crippen molar-refractivity contribution in [1.82, 2.24) is 5.32 Å². The number of benzene rings is 1. The summed E-state index contributed by atoms with van der Waals surface area (Å²) >= 11 is 0. The van der Waals surface area contributed by atoms with Crippen LogP contribution in [0.3, 0.4) is 0 Å². The zero-order valence-electron chi connectivity index (χ0n) is 9.14. The largest absolute Gasteiger partial charge is 0.496 e. The molecule has 3 nitrogen and oxygen atoms in total. The number of hydrogen-bond acceptors (Lipinski definition) is 3. The van der Waals surface area contributed by atoms with Crippen LogP contribution in [0, 0.1) is 0 Å². The van der Waals surface area contributed by atoms with Crippen molar-refractivity contribution in [2.24, 2.45) is 0 Å². The summed E-state index contributed by atoms with van der Waals surface area (Å²) < 4.78 is 42.7. The van der Waals surface area contributed by atoms with Crippen molar-refractivity contribution < 1.29 is 23.0 Å². The fraction of sp³-hybridized carbons (Fsp3) is 0.455. The summed E-state index contributed by atoms with van der Waals surface area (Å²) in [6.07, 6.45) is -4.42. The van der Waals surface area contributed by atoms with Crippen molar-refractivity contribution in [2.75, 3.05) is 20.2 Å². The van der Waals surface area contributed by atoms with E-state index in [9.17, 15) is 18.3 Å². The third-order valence-electron chi connectivity index (χ3n) is 2.86. The van der Waals surface area contributed by atoms with E-state index in [0.717, 1.165) is 12.1 Å². The molecule has 0 saturated carbocycles. The lowest BCUT2D eigenvalue weighted by Crippen LogP contribution is -2.56. The Morgan fingerprint density at radius 3 is 2.41 bits per heavy atom. The highest BCUT2D eigenvalue weighted by atomic mass is 19.4. The molecule has 1 saturated heterocycles. The Bertz CT molecular complexity index is 427. The van der Waals surface area contributed by atoms with Crippen LogP contribution < -0.4 is 10.1 Å². The van der Waals surface area contributed by atoms with Crippen molar-refractivity contribution in [3.05, 3.63) is 29.3 Å². The monoisotopic (exact) mass is 247 g/mol. The van der Waals surface area contributed by atoms with Crippen molar-refractivity contribution >= 4 is 0 Å². The molecule has 1 aliphatic heterocycles. The molecule has 1 heterocycles. The molecule has 1 aromatic rings. The van der Waals surface area contributed by atoms with Crippen molar-refractivity contribution in [1.29, 1.82) is 0 Å². The molecular formula is C11H12F3NO2. The van der Waals surface area contributed by atoms with E-state index in [1.807, 2.05) is 0 Å². The lowest BCUT2D eigenvalue weighted by molar-refractivity contribution is -0.137. The summed E-state index contributed by atoms with van der Waals surface area (Å²) in [5, 5.41) is 12.9. The Morgan fingerprint density at radius 2 is 2.00 bits per heavy atom. The second-order valence-electron chi connectivity index (χ2n) is 4.05. The topological polar surface area (TPSA) is 41.5 Å². The number of hydrogen-bond donors (Lipinski definition) is 2. The van der Waals surface area contributed by atoms with Gasteiger partial charge < -0.3 is 15.2 Å². The standard InChI is InChI=1S/C11H12F3NO2/c1-17-9-3-2-7(11(12,13)14)4-8(9)10(16)5-15-6-10/h2-4,15-16H,5-6H2,1H3. The quantitative estimate of drug-likeness (QED) is 0.832. The number of rotatable bonds is 2. The highest BCUT2D eigenvalue weighted by Gasteiger charge is 2.40. The number of ether oxygens (including phenoxy) is 1. The van der Waals surface area contributed by atoms with Crippen LogP contribution in [0.2, 0.25) is 0 Å². The second-order valence-corrected chi connectivity index (χ2v) is 4.05. The first-order valence-electron chi connectivity index (χ1n) is 5.06. The average Bonchev–Trinajstić information content (AvgIpc) is 2.23. The van der Waals surface area contributed by atoms with E-state index in [-0.39, 0.29) is 24.4 Å². The molecule has 1 aromatic carbocycles.